The summed E-state index contributed by atoms with van der Waals surface area (Å²) in [5.74, 6) is 3.51. The Balaban J connectivity index is 2.34. The third kappa shape index (κ3) is 4.93. The number of hydrogen-bond acceptors (Lipinski definition) is 2. The second kappa shape index (κ2) is 7.94. The predicted molar refractivity (Wildman–Crippen MR) is 75.1 cm³/mol. The molecule has 1 aliphatic heterocycles. The van der Waals surface area contributed by atoms with Crippen LogP contribution < -0.4 is 0 Å². The van der Waals surface area contributed by atoms with Crippen LogP contribution in [-0.4, -0.2) is 48.4 Å². The van der Waals surface area contributed by atoms with E-state index in [1.165, 1.54) is 6.42 Å². The molecule has 0 radical (unpaired) electrons. The van der Waals surface area contributed by atoms with Gasteiger partial charge < -0.3 is 4.90 Å². The zero-order valence-corrected chi connectivity index (χ0v) is 11.4. The van der Waals surface area contributed by atoms with Gasteiger partial charge >= 0.3 is 0 Å². The van der Waals surface area contributed by atoms with Crippen LogP contribution in [0.3, 0.4) is 0 Å². The Kier molecular flexibility index (Phi) is 6.53. The molecular weight excluding hydrogens is 224 g/mol. The molecule has 1 rings (SSSR count). The van der Waals surface area contributed by atoms with Crippen LogP contribution in [0.25, 0.3) is 0 Å². The van der Waals surface area contributed by atoms with E-state index >= 15 is 0 Å². The average Bonchev–Trinajstić information content (AvgIpc) is 2.36. The molecule has 1 heterocycles. The number of carbonyl (C=O) groups excluding carboxylic acids is 1. The van der Waals surface area contributed by atoms with Crippen molar-refractivity contribution in [2.24, 2.45) is 5.92 Å². The molecule has 0 aromatic carbocycles. The van der Waals surface area contributed by atoms with E-state index in [2.05, 4.69) is 24.3 Å². The number of carbonyl (C=O) groups is 1. The summed E-state index contributed by atoms with van der Waals surface area (Å²) in [7, 11) is 0. The Morgan fingerprint density at radius 3 is 3.06 bits per heavy atom. The van der Waals surface area contributed by atoms with E-state index in [-0.39, 0.29) is 5.91 Å². The van der Waals surface area contributed by atoms with Crippen LogP contribution in [0.1, 0.15) is 26.2 Å². The van der Waals surface area contributed by atoms with Crippen molar-refractivity contribution >= 4 is 5.91 Å². The number of terminal acetylenes is 1. The zero-order valence-electron chi connectivity index (χ0n) is 11.4. The van der Waals surface area contributed by atoms with E-state index in [1.54, 1.807) is 0 Å². The molecule has 1 aliphatic rings. The topological polar surface area (TPSA) is 23.6 Å². The van der Waals surface area contributed by atoms with Crippen LogP contribution in [-0.2, 0) is 4.79 Å². The van der Waals surface area contributed by atoms with E-state index in [4.69, 9.17) is 6.42 Å². The van der Waals surface area contributed by atoms with Crippen molar-refractivity contribution in [3.05, 3.63) is 12.7 Å². The van der Waals surface area contributed by atoms with E-state index in [0.717, 1.165) is 32.6 Å². The first kappa shape index (κ1) is 14.8. The summed E-state index contributed by atoms with van der Waals surface area (Å²) < 4.78 is 0. The fraction of sp³-hybridized carbons (Fsp3) is 0.667. The second-order valence-electron chi connectivity index (χ2n) is 5.07. The van der Waals surface area contributed by atoms with Crippen molar-refractivity contribution in [3.8, 4) is 12.3 Å². The molecule has 0 aliphatic carbocycles. The van der Waals surface area contributed by atoms with Gasteiger partial charge in [0.05, 0.1) is 6.54 Å². The smallest absolute Gasteiger partial charge is 0.223 e. The van der Waals surface area contributed by atoms with Gasteiger partial charge in [0.25, 0.3) is 0 Å². The normalized spacial score (nSPS) is 19.6. The summed E-state index contributed by atoms with van der Waals surface area (Å²) in [6, 6.07) is 0. The number of nitrogens with zero attached hydrogens (tertiary/aromatic N) is 2. The van der Waals surface area contributed by atoms with Gasteiger partial charge in [-0.05, 0) is 18.8 Å². The minimum atomic E-state index is 0.257. The van der Waals surface area contributed by atoms with Gasteiger partial charge in [0.1, 0.15) is 0 Å². The van der Waals surface area contributed by atoms with Gasteiger partial charge in [-0.25, -0.2) is 0 Å². The molecule has 0 spiro atoms. The molecule has 1 amide bonds. The van der Waals surface area contributed by atoms with Gasteiger partial charge in [-0.1, -0.05) is 18.9 Å². The van der Waals surface area contributed by atoms with Crippen LogP contribution in [0.4, 0.5) is 0 Å². The van der Waals surface area contributed by atoms with Gasteiger partial charge in [0.2, 0.25) is 5.91 Å². The highest BCUT2D eigenvalue weighted by molar-refractivity contribution is 5.76. The molecule has 0 unspecified atom stereocenters. The molecule has 3 heteroatoms. The molecule has 1 saturated heterocycles. The monoisotopic (exact) mass is 248 g/mol. The quantitative estimate of drug-likeness (QED) is 0.528. The number of piperidine rings is 1. The Hall–Kier alpha value is -1.27. The summed E-state index contributed by atoms with van der Waals surface area (Å²) >= 11 is 0. The molecule has 0 saturated carbocycles. The number of hydrogen-bond donors (Lipinski definition) is 0. The molecule has 0 aromatic rings. The maximum atomic E-state index is 12.1. The maximum absolute atomic E-state index is 12.1. The van der Waals surface area contributed by atoms with Crippen LogP contribution in [0.5, 0.6) is 0 Å². The first-order valence-corrected chi connectivity index (χ1v) is 6.71. The SMILES string of the molecule is C#CCN(CC=C)CCC(=O)N1CCC[C@@H](C)C1. The van der Waals surface area contributed by atoms with Gasteiger partial charge in [-0.15, -0.1) is 13.0 Å². The van der Waals surface area contributed by atoms with Crippen LogP contribution in [0.15, 0.2) is 12.7 Å². The van der Waals surface area contributed by atoms with Crippen molar-refractivity contribution < 1.29 is 4.79 Å². The largest absolute Gasteiger partial charge is 0.342 e. The van der Waals surface area contributed by atoms with Crippen molar-refractivity contribution in [2.45, 2.75) is 26.2 Å². The molecule has 18 heavy (non-hydrogen) atoms. The minimum absolute atomic E-state index is 0.257. The van der Waals surface area contributed by atoms with Crippen LogP contribution >= 0.6 is 0 Å². The summed E-state index contributed by atoms with van der Waals surface area (Å²) in [5, 5.41) is 0. The average molecular weight is 248 g/mol. The standard InChI is InChI=1S/C15H24N2O/c1-4-9-16(10-5-2)12-8-15(18)17-11-6-7-14(3)13-17/h1,5,14H,2,6-13H2,3H3/t14-/m1/s1. The highest BCUT2D eigenvalue weighted by Crippen LogP contribution is 2.16. The lowest BCUT2D eigenvalue weighted by Gasteiger charge is -2.31. The lowest BCUT2D eigenvalue weighted by atomic mass is 10.00. The first-order valence-electron chi connectivity index (χ1n) is 6.71. The second-order valence-corrected chi connectivity index (χ2v) is 5.07. The fourth-order valence-electron chi connectivity index (χ4n) is 2.37. The summed E-state index contributed by atoms with van der Waals surface area (Å²) in [6.07, 6.45) is 10.1. The number of amides is 1. The minimum Gasteiger partial charge on any atom is -0.342 e. The van der Waals surface area contributed by atoms with Gasteiger partial charge in [-0.2, -0.15) is 0 Å². The molecule has 0 bridgehead atoms. The molecule has 100 valence electrons. The lowest BCUT2D eigenvalue weighted by molar-refractivity contribution is -0.133. The maximum Gasteiger partial charge on any atom is 0.223 e. The Labute approximate surface area is 111 Å². The summed E-state index contributed by atoms with van der Waals surface area (Å²) in [4.78, 5) is 16.1. The van der Waals surface area contributed by atoms with Gasteiger partial charge in [-0.3, -0.25) is 9.69 Å². The molecule has 1 atom stereocenters. The van der Waals surface area contributed by atoms with Crippen LogP contribution in [0.2, 0.25) is 0 Å². The van der Waals surface area contributed by atoms with E-state index < -0.39 is 0 Å². The van der Waals surface area contributed by atoms with E-state index in [0.29, 0.717) is 18.9 Å². The number of likely N-dealkylation sites (tertiary alicyclic amines) is 1. The highest BCUT2D eigenvalue weighted by Gasteiger charge is 2.20. The Morgan fingerprint density at radius 2 is 2.44 bits per heavy atom. The molecular formula is C15H24N2O. The van der Waals surface area contributed by atoms with Gasteiger partial charge in [0.15, 0.2) is 0 Å². The predicted octanol–water partition coefficient (Wildman–Crippen LogP) is 1.76. The van der Waals surface area contributed by atoms with Crippen molar-refractivity contribution in [1.29, 1.82) is 0 Å². The molecule has 1 fully saturated rings. The third-order valence-corrected chi connectivity index (χ3v) is 3.35. The summed E-state index contributed by atoms with van der Waals surface area (Å²) in [6.45, 7) is 9.79. The molecule has 0 aromatic heterocycles. The van der Waals surface area contributed by atoms with E-state index in [9.17, 15) is 4.79 Å². The fourth-order valence-corrected chi connectivity index (χ4v) is 2.37. The Morgan fingerprint density at radius 1 is 1.67 bits per heavy atom. The third-order valence-electron chi connectivity index (χ3n) is 3.35. The van der Waals surface area contributed by atoms with Crippen molar-refractivity contribution in [2.75, 3.05) is 32.7 Å². The highest BCUT2D eigenvalue weighted by atomic mass is 16.2. The molecule has 0 N–H and O–H groups in total. The summed E-state index contributed by atoms with van der Waals surface area (Å²) in [5.41, 5.74) is 0. The van der Waals surface area contributed by atoms with Crippen molar-refractivity contribution in [3.63, 3.8) is 0 Å². The first-order chi connectivity index (χ1) is 8.67. The Bertz CT molecular complexity index is 319. The van der Waals surface area contributed by atoms with Crippen molar-refractivity contribution in [1.82, 2.24) is 9.80 Å². The zero-order chi connectivity index (χ0) is 13.4. The van der Waals surface area contributed by atoms with E-state index in [1.807, 2.05) is 11.0 Å². The lowest BCUT2D eigenvalue weighted by Crippen LogP contribution is -2.40. The molecule has 3 nitrogen and oxygen atoms in total. The van der Waals surface area contributed by atoms with Crippen LogP contribution in [0, 0.1) is 18.3 Å². The van der Waals surface area contributed by atoms with Gasteiger partial charge in [0, 0.05) is 32.6 Å². The number of rotatable bonds is 6.